The average molecular weight is 307 g/mol. The van der Waals surface area contributed by atoms with Crippen molar-refractivity contribution in [2.24, 2.45) is 0 Å². The molecule has 1 aromatic rings. The zero-order chi connectivity index (χ0) is 15.1. The van der Waals surface area contributed by atoms with E-state index in [1.165, 1.54) is 43.2 Å². The summed E-state index contributed by atoms with van der Waals surface area (Å²) in [6.07, 6.45) is 7.69. The molecule has 0 spiro atoms. The van der Waals surface area contributed by atoms with Crippen LogP contribution in [0.3, 0.4) is 0 Å². The number of unbranched alkanes of at least 4 members (excludes halogenated alkanes) is 4. The molecule has 0 saturated carbocycles. The maximum absolute atomic E-state index is 10.9. The van der Waals surface area contributed by atoms with E-state index in [-0.39, 0.29) is 5.37 Å². The summed E-state index contributed by atoms with van der Waals surface area (Å²) in [5.74, 6) is -0.118. The number of hydrogen-bond acceptors (Lipinski definition) is 3. The highest BCUT2D eigenvalue weighted by atomic mass is 32.2. The second kappa shape index (κ2) is 8.44. The molecule has 1 fully saturated rings. The van der Waals surface area contributed by atoms with Crippen LogP contribution in [0.25, 0.3) is 0 Å². The summed E-state index contributed by atoms with van der Waals surface area (Å²) in [5.41, 5.74) is 2.56. The first kappa shape index (κ1) is 16.4. The van der Waals surface area contributed by atoms with Gasteiger partial charge in [0.25, 0.3) is 0 Å². The predicted molar refractivity (Wildman–Crippen MR) is 88.7 cm³/mol. The summed E-state index contributed by atoms with van der Waals surface area (Å²) < 4.78 is 0. The van der Waals surface area contributed by atoms with Gasteiger partial charge in [-0.1, -0.05) is 56.9 Å². The van der Waals surface area contributed by atoms with Crippen LogP contribution in [0.5, 0.6) is 0 Å². The molecule has 1 aromatic carbocycles. The van der Waals surface area contributed by atoms with Crippen LogP contribution in [0, 0.1) is 0 Å². The average Bonchev–Trinajstić information content (AvgIpc) is 2.98. The van der Waals surface area contributed by atoms with Crippen molar-refractivity contribution in [1.82, 2.24) is 5.32 Å². The van der Waals surface area contributed by atoms with Crippen molar-refractivity contribution in [3.05, 3.63) is 35.4 Å². The molecule has 0 aromatic heterocycles. The van der Waals surface area contributed by atoms with Crippen LogP contribution in [0.4, 0.5) is 0 Å². The van der Waals surface area contributed by atoms with Crippen molar-refractivity contribution in [2.45, 2.75) is 56.9 Å². The van der Waals surface area contributed by atoms with Gasteiger partial charge in [-0.15, -0.1) is 11.8 Å². The minimum Gasteiger partial charge on any atom is -0.480 e. The first-order valence-electron chi connectivity index (χ1n) is 7.90. The van der Waals surface area contributed by atoms with Gasteiger partial charge < -0.3 is 5.11 Å². The molecule has 21 heavy (non-hydrogen) atoms. The molecule has 1 heterocycles. The van der Waals surface area contributed by atoms with Gasteiger partial charge in [-0.3, -0.25) is 10.1 Å². The monoisotopic (exact) mass is 307 g/mol. The van der Waals surface area contributed by atoms with Crippen LogP contribution in [0.15, 0.2) is 24.3 Å². The van der Waals surface area contributed by atoms with E-state index in [0.717, 1.165) is 6.42 Å². The van der Waals surface area contributed by atoms with Crippen molar-refractivity contribution in [1.29, 1.82) is 0 Å². The zero-order valence-electron chi connectivity index (χ0n) is 12.7. The van der Waals surface area contributed by atoms with Gasteiger partial charge in [-0.2, -0.15) is 0 Å². The normalized spacial score (nSPS) is 21.6. The van der Waals surface area contributed by atoms with E-state index in [1.54, 1.807) is 11.8 Å². The van der Waals surface area contributed by atoms with Gasteiger partial charge >= 0.3 is 5.97 Å². The Labute approximate surface area is 131 Å². The van der Waals surface area contributed by atoms with Gasteiger partial charge in [0.05, 0.1) is 5.37 Å². The molecule has 116 valence electrons. The number of carboxylic acid groups (broad SMARTS) is 1. The number of aryl methyl sites for hydroxylation is 1. The molecule has 0 bridgehead atoms. The molecular weight excluding hydrogens is 282 g/mol. The lowest BCUT2D eigenvalue weighted by atomic mass is 10.0. The van der Waals surface area contributed by atoms with Crippen LogP contribution >= 0.6 is 11.8 Å². The Balaban J connectivity index is 1.78. The lowest BCUT2D eigenvalue weighted by Crippen LogP contribution is -2.33. The highest BCUT2D eigenvalue weighted by molar-refractivity contribution is 7.99. The minimum absolute atomic E-state index is 0.115. The molecule has 0 radical (unpaired) electrons. The van der Waals surface area contributed by atoms with E-state index in [1.807, 2.05) is 0 Å². The summed E-state index contributed by atoms with van der Waals surface area (Å²) in [5, 5.41) is 12.3. The van der Waals surface area contributed by atoms with Gasteiger partial charge in [-0.25, -0.2) is 0 Å². The molecule has 1 saturated heterocycles. The van der Waals surface area contributed by atoms with Crippen LogP contribution in [0.2, 0.25) is 0 Å². The third-order valence-corrected chi connectivity index (χ3v) is 5.20. The lowest BCUT2D eigenvalue weighted by Gasteiger charge is -2.12. The molecular formula is C17H25NO2S. The number of hydrogen-bond donors (Lipinski definition) is 2. The molecule has 3 nitrogen and oxygen atoms in total. The van der Waals surface area contributed by atoms with Crippen molar-refractivity contribution < 1.29 is 9.90 Å². The summed E-state index contributed by atoms with van der Waals surface area (Å²) in [6.45, 7) is 2.24. The van der Waals surface area contributed by atoms with Crippen molar-refractivity contribution in [3.63, 3.8) is 0 Å². The Kier molecular flexibility index (Phi) is 6.58. The van der Waals surface area contributed by atoms with E-state index in [4.69, 9.17) is 5.11 Å². The summed E-state index contributed by atoms with van der Waals surface area (Å²) in [7, 11) is 0. The smallest absolute Gasteiger partial charge is 0.321 e. The topological polar surface area (TPSA) is 49.3 Å². The second-order valence-electron chi connectivity index (χ2n) is 5.68. The minimum atomic E-state index is -0.756. The number of rotatable bonds is 8. The molecule has 1 aliphatic rings. The fourth-order valence-electron chi connectivity index (χ4n) is 2.60. The van der Waals surface area contributed by atoms with Gasteiger partial charge in [0.1, 0.15) is 6.04 Å². The molecule has 2 atom stereocenters. The van der Waals surface area contributed by atoms with Crippen molar-refractivity contribution >= 4 is 17.7 Å². The van der Waals surface area contributed by atoms with Gasteiger partial charge in [0.2, 0.25) is 0 Å². The van der Waals surface area contributed by atoms with E-state index < -0.39 is 12.0 Å². The van der Waals surface area contributed by atoms with E-state index in [0.29, 0.717) is 5.75 Å². The SMILES string of the molecule is CCCCCCCc1ccc([C@H]2N[C@H](C(=O)O)CS2)cc1. The third-order valence-electron chi connectivity index (χ3n) is 3.93. The Morgan fingerprint density at radius 2 is 1.95 bits per heavy atom. The number of thioether (sulfide) groups is 1. The maximum atomic E-state index is 10.9. The van der Waals surface area contributed by atoms with E-state index in [2.05, 4.69) is 36.5 Å². The molecule has 4 heteroatoms. The number of carbonyl (C=O) groups is 1. The number of carboxylic acids is 1. The Morgan fingerprint density at radius 1 is 1.24 bits per heavy atom. The Morgan fingerprint density at radius 3 is 2.57 bits per heavy atom. The van der Waals surface area contributed by atoms with Gasteiger partial charge in [0.15, 0.2) is 0 Å². The summed E-state index contributed by atoms with van der Waals surface area (Å²) in [6, 6.07) is 8.22. The molecule has 0 amide bonds. The van der Waals surface area contributed by atoms with Crippen LogP contribution in [0.1, 0.15) is 55.5 Å². The Hall–Kier alpha value is -1.00. The second-order valence-corrected chi connectivity index (χ2v) is 6.81. The van der Waals surface area contributed by atoms with Crippen molar-refractivity contribution in [3.8, 4) is 0 Å². The molecule has 0 unspecified atom stereocenters. The molecule has 2 rings (SSSR count). The number of benzene rings is 1. The lowest BCUT2D eigenvalue weighted by molar-refractivity contribution is -0.138. The molecule has 1 aliphatic heterocycles. The highest BCUT2D eigenvalue weighted by Gasteiger charge is 2.30. The van der Waals surface area contributed by atoms with E-state index in [9.17, 15) is 4.79 Å². The summed E-state index contributed by atoms with van der Waals surface area (Å²) >= 11 is 1.67. The quantitative estimate of drug-likeness (QED) is 0.713. The number of nitrogens with one attached hydrogen (secondary N) is 1. The first-order valence-corrected chi connectivity index (χ1v) is 8.95. The van der Waals surface area contributed by atoms with Gasteiger partial charge in [-0.05, 0) is 24.0 Å². The third kappa shape index (κ3) is 5.04. The van der Waals surface area contributed by atoms with Crippen LogP contribution in [-0.4, -0.2) is 22.9 Å². The fraction of sp³-hybridized carbons (Fsp3) is 0.588. The van der Waals surface area contributed by atoms with Crippen molar-refractivity contribution in [2.75, 3.05) is 5.75 Å². The van der Waals surface area contributed by atoms with Gasteiger partial charge in [0, 0.05) is 5.75 Å². The zero-order valence-corrected chi connectivity index (χ0v) is 13.5. The highest BCUT2D eigenvalue weighted by Crippen LogP contribution is 2.32. The maximum Gasteiger partial charge on any atom is 0.321 e. The summed E-state index contributed by atoms with van der Waals surface area (Å²) in [4.78, 5) is 10.9. The van der Waals surface area contributed by atoms with Crippen LogP contribution in [-0.2, 0) is 11.2 Å². The first-order chi connectivity index (χ1) is 10.2. The standard InChI is InChI=1S/C17H25NO2S/c1-2-3-4-5-6-7-13-8-10-14(11-9-13)16-18-15(12-21-16)17(19)20/h8-11,15-16,18H,2-7,12H2,1H3,(H,19,20)/t15-,16-/m0/s1. The largest absolute Gasteiger partial charge is 0.480 e. The van der Waals surface area contributed by atoms with E-state index >= 15 is 0 Å². The molecule has 2 N–H and O–H groups in total. The fourth-order valence-corrected chi connectivity index (χ4v) is 3.83. The molecule has 0 aliphatic carbocycles. The number of aliphatic carboxylic acids is 1. The Bertz CT molecular complexity index is 447. The predicted octanol–water partition coefficient (Wildman–Crippen LogP) is 3.99. The van der Waals surface area contributed by atoms with Crippen LogP contribution < -0.4 is 5.32 Å².